The molecule has 0 unspecified atom stereocenters. The van der Waals surface area contributed by atoms with Gasteiger partial charge in [-0.25, -0.2) is 0 Å². The van der Waals surface area contributed by atoms with Gasteiger partial charge in [-0.1, -0.05) is 30.3 Å². The molecule has 18 heavy (non-hydrogen) atoms. The lowest BCUT2D eigenvalue weighted by atomic mass is 10.2. The van der Waals surface area contributed by atoms with Gasteiger partial charge in [0, 0.05) is 6.54 Å². The Hall–Kier alpha value is -0.440. The molecule has 0 N–H and O–H groups in total. The summed E-state index contributed by atoms with van der Waals surface area (Å²) in [5, 5.41) is 0. The van der Waals surface area contributed by atoms with E-state index in [2.05, 4.69) is 74.0 Å². The van der Waals surface area contributed by atoms with Crippen molar-refractivity contribution in [1.82, 2.24) is 4.57 Å². The molecule has 2 aromatic rings. The summed E-state index contributed by atoms with van der Waals surface area (Å²) in [6.45, 7) is 2.11. The van der Waals surface area contributed by atoms with Gasteiger partial charge in [-0.2, -0.15) is 0 Å². The van der Waals surface area contributed by atoms with Crippen LogP contribution in [0.15, 0.2) is 30.3 Å². The molecule has 0 radical (unpaired) electrons. The zero-order valence-electron chi connectivity index (χ0n) is 9.53. The summed E-state index contributed by atoms with van der Waals surface area (Å²) in [7, 11) is 0. The first-order chi connectivity index (χ1) is 8.77. The minimum atomic E-state index is 0.633. The van der Waals surface area contributed by atoms with Crippen LogP contribution in [-0.4, -0.2) is 17.8 Å². The van der Waals surface area contributed by atoms with Crippen LogP contribution in [0.5, 0.6) is 11.5 Å². The Labute approximate surface area is 133 Å². The maximum Gasteiger partial charge on any atom is 0.194 e. The first-order valence-electron chi connectivity index (χ1n) is 5.64. The van der Waals surface area contributed by atoms with E-state index >= 15 is 0 Å². The lowest BCUT2D eigenvalue weighted by molar-refractivity contribution is 0.171. The van der Waals surface area contributed by atoms with Crippen LogP contribution >= 0.6 is 45.2 Å². The highest BCUT2D eigenvalue weighted by Crippen LogP contribution is 2.41. The zero-order chi connectivity index (χ0) is 12.5. The van der Waals surface area contributed by atoms with Crippen molar-refractivity contribution in [3.63, 3.8) is 0 Å². The lowest BCUT2D eigenvalue weighted by Gasteiger charge is -2.14. The second-order valence-corrected chi connectivity index (χ2v) is 6.05. The Morgan fingerprint density at radius 2 is 1.50 bits per heavy atom. The minimum Gasteiger partial charge on any atom is -0.484 e. The molecule has 0 aliphatic carbocycles. The molecule has 5 heteroatoms. The summed E-state index contributed by atoms with van der Waals surface area (Å²) >= 11 is 4.65. The van der Waals surface area contributed by atoms with E-state index in [4.69, 9.17) is 9.47 Å². The van der Waals surface area contributed by atoms with E-state index in [0.717, 1.165) is 25.4 Å². The molecular weight excluding hydrogens is 456 g/mol. The Morgan fingerprint density at radius 3 is 2.06 bits per heavy atom. The smallest absolute Gasteiger partial charge is 0.194 e. The van der Waals surface area contributed by atoms with E-state index in [-0.39, 0.29) is 0 Å². The molecule has 0 saturated carbocycles. The molecule has 0 atom stereocenters. The molecule has 0 bridgehead atoms. The van der Waals surface area contributed by atoms with Crippen molar-refractivity contribution in [3.05, 3.63) is 43.3 Å². The third-order valence-electron chi connectivity index (χ3n) is 2.81. The number of hydrogen-bond donors (Lipinski definition) is 0. The fourth-order valence-electron chi connectivity index (χ4n) is 1.96. The largest absolute Gasteiger partial charge is 0.484 e. The van der Waals surface area contributed by atoms with E-state index in [9.17, 15) is 0 Å². The van der Waals surface area contributed by atoms with Gasteiger partial charge >= 0.3 is 0 Å². The van der Waals surface area contributed by atoms with Crippen molar-refractivity contribution >= 4 is 45.2 Å². The number of ether oxygens (including phenoxy) is 2. The van der Waals surface area contributed by atoms with Crippen LogP contribution in [0.3, 0.4) is 0 Å². The predicted molar refractivity (Wildman–Crippen MR) is 86.4 cm³/mol. The quantitative estimate of drug-likeness (QED) is 0.632. The molecule has 0 fully saturated rings. The van der Waals surface area contributed by atoms with Crippen LogP contribution in [0.2, 0.25) is 0 Å². The highest BCUT2D eigenvalue weighted by atomic mass is 127. The predicted octanol–water partition coefficient (Wildman–Crippen LogP) is 3.52. The summed E-state index contributed by atoms with van der Waals surface area (Å²) < 4.78 is 15.8. The summed E-state index contributed by atoms with van der Waals surface area (Å²) in [6, 6.07) is 10.4. The van der Waals surface area contributed by atoms with Crippen molar-refractivity contribution in [1.29, 1.82) is 0 Å². The monoisotopic (exact) mass is 467 g/mol. The van der Waals surface area contributed by atoms with Crippen LogP contribution in [0, 0.1) is 7.40 Å². The molecule has 1 aromatic carbocycles. The third kappa shape index (κ3) is 2.22. The molecule has 3 nitrogen and oxygen atoms in total. The van der Waals surface area contributed by atoms with Crippen LogP contribution in [-0.2, 0) is 6.54 Å². The lowest BCUT2D eigenvalue weighted by Crippen LogP contribution is -2.14. The van der Waals surface area contributed by atoms with Gasteiger partial charge in [-0.15, -0.1) is 0 Å². The van der Waals surface area contributed by atoms with E-state index in [1.807, 2.05) is 6.07 Å². The van der Waals surface area contributed by atoms with Gasteiger partial charge in [0.25, 0.3) is 0 Å². The molecule has 3 rings (SSSR count). The summed E-state index contributed by atoms with van der Waals surface area (Å²) in [6.07, 6.45) is 0. The Kier molecular flexibility index (Phi) is 3.69. The molecule has 1 aromatic heterocycles. The minimum absolute atomic E-state index is 0.633. The van der Waals surface area contributed by atoms with Gasteiger partial charge in [-0.05, 0) is 50.7 Å². The standard InChI is InChI=1S/C13H11I2NO2/c14-12-10-11(18-7-6-17-10)13(15)16(12)8-9-4-2-1-3-5-9/h1-5H,6-8H2. The van der Waals surface area contributed by atoms with Crippen LogP contribution in [0.1, 0.15) is 5.56 Å². The fraction of sp³-hybridized carbons (Fsp3) is 0.231. The van der Waals surface area contributed by atoms with Crippen molar-refractivity contribution in [2.45, 2.75) is 6.54 Å². The number of hydrogen-bond acceptors (Lipinski definition) is 2. The van der Waals surface area contributed by atoms with Crippen LogP contribution in [0.25, 0.3) is 0 Å². The average Bonchev–Trinajstić information content (AvgIpc) is 2.66. The number of rotatable bonds is 2. The summed E-state index contributed by atoms with van der Waals surface area (Å²) in [4.78, 5) is 0. The molecule has 0 spiro atoms. The van der Waals surface area contributed by atoms with Gasteiger partial charge < -0.3 is 14.0 Å². The number of benzene rings is 1. The van der Waals surface area contributed by atoms with E-state index < -0.39 is 0 Å². The molecular formula is C13H11I2NO2. The zero-order valence-corrected chi connectivity index (χ0v) is 13.8. The van der Waals surface area contributed by atoms with Crippen LogP contribution < -0.4 is 9.47 Å². The van der Waals surface area contributed by atoms with Crippen molar-refractivity contribution in [2.75, 3.05) is 13.2 Å². The van der Waals surface area contributed by atoms with E-state index in [0.29, 0.717) is 13.2 Å². The Bertz CT molecular complexity index is 537. The molecule has 0 saturated heterocycles. The molecule has 1 aliphatic heterocycles. The van der Waals surface area contributed by atoms with Crippen molar-refractivity contribution < 1.29 is 9.47 Å². The number of nitrogens with zero attached hydrogens (tertiary/aromatic N) is 1. The number of halogens is 2. The SMILES string of the molecule is Ic1c2c(c(I)n1Cc1ccccc1)OCCO2. The Morgan fingerprint density at radius 1 is 0.944 bits per heavy atom. The summed E-state index contributed by atoms with van der Waals surface area (Å²) in [5.41, 5.74) is 1.28. The van der Waals surface area contributed by atoms with E-state index in [1.165, 1.54) is 5.56 Å². The van der Waals surface area contributed by atoms with E-state index in [1.54, 1.807) is 0 Å². The number of fused-ring (bicyclic) bond motifs is 1. The first kappa shape index (κ1) is 12.6. The van der Waals surface area contributed by atoms with Crippen molar-refractivity contribution in [3.8, 4) is 11.5 Å². The molecule has 94 valence electrons. The van der Waals surface area contributed by atoms with Crippen molar-refractivity contribution in [2.24, 2.45) is 0 Å². The van der Waals surface area contributed by atoms with Gasteiger partial charge in [-0.3, -0.25) is 0 Å². The third-order valence-corrected chi connectivity index (χ3v) is 4.96. The normalized spacial score (nSPS) is 13.7. The van der Waals surface area contributed by atoms with Crippen LogP contribution in [0.4, 0.5) is 0 Å². The molecule has 2 heterocycles. The average molecular weight is 467 g/mol. The maximum atomic E-state index is 5.70. The first-order valence-corrected chi connectivity index (χ1v) is 7.80. The molecule has 0 amide bonds. The summed E-state index contributed by atoms with van der Waals surface area (Å²) in [5.74, 6) is 1.78. The maximum absolute atomic E-state index is 5.70. The van der Waals surface area contributed by atoms with Gasteiger partial charge in [0.05, 0.1) is 0 Å². The molecule has 1 aliphatic rings. The van der Waals surface area contributed by atoms with Gasteiger partial charge in [0.2, 0.25) is 0 Å². The highest BCUT2D eigenvalue weighted by Gasteiger charge is 2.25. The topological polar surface area (TPSA) is 23.4 Å². The number of aromatic nitrogens is 1. The highest BCUT2D eigenvalue weighted by molar-refractivity contribution is 14.1. The second-order valence-electron chi connectivity index (χ2n) is 4.01. The Balaban J connectivity index is 2.00. The second kappa shape index (κ2) is 5.28. The van der Waals surface area contributed by atoms with Gasteiger partial charge in [0.1, 0.15) is 20.6 Å². The van der Waals surface area contributed by atoms with Gasteiger partial charge in [0.15, 0.2) is 11.5 Å². The fourth-order valence-corrected chi connectivity index (χ4v) is 4.05.